The lowest BCUT2D eigenvalue weighted by atomic mass is 10.1. The first-order valence-electron chi connectivity index (χ1n) is 7.51. The molecule has 0 saturated carbocycles. The van der Waals surface area contributed by atoms with Crippen LogP contribution >= 0.6 is 11.6 Å². The van der Waals surface area contributed by atoms with Crippen LogP contribution in [-0.4, -0.2) is 40.1 Å². The Hall–Kier alpha value is -1.67. The smallest absolute Gasteiger partial charge is 0.241 e. The van der Waals surface area contributed by atoms with Crippen LogP contribution in [0.1, 0.15) is 11.7 Å². The van der Waals surface area contributed by atoms with Crippen LogP contribution in [0, 0.1) is 0 Å². The van der Waals surface area contributed by atoms with Gasteiger partial charge >= 0.3 is 0 Å². The van der Waals surface area contributed by atoms with Crippen molar-refractivity contribution in [3.63, 3.8) is 0 Å². The SMILES string of the molecule is CNS(=O)(=O)c1ccc(N2CCOC(c3ccc(Cl)cc3)C2)nc1. The summed E-state index contributed by atoms with van der Waals surface area (Å²) < 4.78 is 31.6. The minimum absolute atomic E-state index is 0.0708. The van der Waals surface area contributed by atoms with Crippen LogP contribution in [0.4, 0.5) is 5.82 Å². The van der Waals surface area contributed by atoms with E-state index in [-0.39, 0.29) is 11.0 Å². The lowest BCUT2D eigenvalue weighted by Crippen LogP contribution is -2.38. The van der Waals surface area contributed by atoms with Crippen LogP contribution < -0.4 is 9.62 Å². The summed E-state index contributed by atoms with van der Waals surface area (Å²) in [5.41, 5.74) is 1.05. The number of ether oxygens (including phenoxy) is 1. The Morgan fingerprint density at radius 2 is 2.00 bits per heavy atom. The predicted octanol–water partition coefficient (Wildman–Crippen LogP) is 2.22. The first kappa shape index (κ1) is 17.2. The summed E-state index contributed by atoms with van der Waals surface area (Å²) in [6, 6.07) is 10.9. The highest BCUT2D eigenvalue weighted by molar-refractivity contribution is 7.89. The number of nitrogens with zero attached hydrogens (tertiary/aromatic N) is 2. The fourth-order valence-corrected chi connectivity index (χ4v) is 3.37. The Balaban J connectivity index is 1.76. The van der Waals surface area contributed by atoms with E-state index in [1.54, 1.807) is 12.1 Å². The van der Waals surface area contributed by atoms with E-state index in [0.29, 0.717) is 24.7 Å². The molecule has 0 radical (unpaired) electrons. The normalized spacial score (nSPS) is 18.6. The Morgan fingerprint density at radius 3 is 2.62 bits per heavy atom. The van der Waals surface area contributed by atoms with Crippen LogP contribution in [-0.2, 0) is 14.8 Å². The van der Waals surface area contributed by atoms with E-state index in [4.69, 9.17) is 16.3 Å². The van der Waals surface area contributed by atoms with Gasteiger partial charge in [0.15, 0.2) is 0 Å². The predicted molar refractivity (Wildman–Crippen MR) is 92.8 cm³/mol. The third kappa shape index (κ3) is 3.70. The molecule has 1 unspecified atom stereocenters. The van der Waals surface area contributed by atoms with Crippen molar-refractivity contribution in [3.05, 3.63) is 53.2 Å². The zero-order valence-electron chi connectivity index (χ0n) is 13.1. The van der Waals surface area contributed by atoms with E-state index in [9.17, 15) is 8.42 Å². The molecular weight excluding hydrogens is 350 g/mol. The largest absolute Gasteiger partial charge is 0.370 e. The number of nitrogens with one attached hydrogen (secondary N) is 1. The number of hydrogen-bond acceptors (Lipinski definition) is 5. The van der Waals surface area contributed by atoms with Gasteiger partial charge in [-0.1, -0.05) is 23.7 Å². The maximum absolute atomic E-state index is 11.8. The number of pyridine rings is 1. The van der Waals surface area contributed by atoms with Crippen molar-refractivity contribution < 1.29 is 13.2 Å². The van der Waals surface area contributed by atoms with Gasteiger partial charge in [-0.3, -0.25) is 0 Å². The molecule has 0 amide bonds. The van der Waals surface area contributed by atoms with E-state index in [1.807, 2.05) is 24.3 Å². The third-order valence-corrected chi connectivity index (χ3v) is 5.58. The average Bonchev–Trinajstić information content (AvgIpc) is 2.62. The molecule has 1 aromatic carbocycles. The molecule has 24 heavy (non-hydrogen) atoms. The van der Waals surface area contributed by atoms with Gasteiger partial charge in [-0.05, 0) is 36.9 Å². The molecular formula is C16H18ClN3O3S. The summed E-state index contributed by atoms with van der Waals surface area (Å²) in [5, 5.41) is 0.689. The molecule has 2 heterocycles. The van der Waals surface area contributed by atoms with E-state index >= 15 is 0 Å². The zero-order chi connectivity index (χ0) is 17.2. The van der Waals surface area contributed by atoms with Crippen LogP contribution in [0.25, 0.3) is 0 Å². The van der Waals surface area contributed by atoms with Crippen molar-refractivity contribution in [1.29, 1.82) is 0 Å². The van der Waals surface area contributed by atoms with Crippen LogP contribution in [0.5, 0.6) is 0 Å². The number of anilines is 1. The van der Waals surface area contributed by atoms with Crippen LogP contribution in [0.15, 0.2) is 47.5 Å². The molecule has 3 rings (SSSR count). The van der Waals surface area contributed by atoms with E-state index < -0.39 is 10.0 Å². The second kappa shape index (κ2) is 7.06. The molecule has 128 valence electrons. The summed E-state index contributed by atoms with van der Waals surface area (Å²) >= 11 is 5.92. The fraction of sp³-hybridized carbons (Fsp3) is 0.312. The molecule has 0 aliphatic carbocycles. The Bertz CT molecular complexity index is 794. The first-order valence-corrected chi connectivity index (χ1v) is 9.37. The van der Waals surface area contributed by atoms with Crippen molar-refractivity contribution in [3.8, 4) is 0 Å². The molecule has 1 atom stereocenters. The maximum Gasteiger partial charge on any atom is 0.241 e. The molecule has 1 N–H and O–H groups in total. The van der Waals surface area contributed by atoms with Gasteiger partial charge in [0.2, 0.25) is 10.0 Å². The highest BCUT2D eigenvalue weighted by Gasteiger charge is 2.23. The topological polar surface area (TPSA) is 71.5 Å². The number of aromatic nitrogens is 1. The monoisotopic (exact) mass is 367 g/mol. The minimum Gasteiger partial charge on any atom is -0.370 e. The Kier molecular flexibility index (Phi) is 5.05. The van der Waals surface area contributed by atoms with Crippen LogP contribution in [0.3, 0.4) is 0 Å². The molecule has 6 nitrogen and oxygen atoms in total. The van der Waals surface area contributed by atoms with E-state index in [2.05, 4.69) is 14.6 Å². The summed E-state index contributed by atoms with van der Waals surface area (Å²) in [5.74, 6) is 0.729. The zero-order valence-corrected chi connectivity index (χ0v) is 14.7. The molecule has 0 spiro atoms. The first-order chi connectivity index (χ1) is 11.5. The van der Waals surface area contributed by atoms with Crippen molar-refractivity contribution in [1.82, 2.24) is 9.71 Å². The van der Waals surface area contributed by atoms with Gasteiger partial charge in [-0.2, -0.15) is 0 Å². The summed E-state index contributed by atoms with van der Waals surface area (Å²) in [6.45, 7) is 1.92. The van der Waals surface area contributed by atoms with Crippen LogP contribution in [0.2, 0.25) is 5.02 Å². The van der Waals surface area contributed by atoms with Gasteiger partial charge in [0.1, 0.15) is 16.8 Å². The van der Waals surface area contributed by atoms with Crippen molar-refractivity contribution >= 4 is 27.4 Å². The number of morpholine rings is 1. The lowest BCUT2D eigenvalue weighted by Gasteiger charge is -2.34. The Labute approximate surface area is 146 Å². The van der Waals surface area contributed by atoms with Crippen molar-refractivity contribution in [2.75, 3.05) is 31.6 Å². The summed E-state index contributed by atoms with van der Waals surface area (Å²) in [7, 11) is -2.09. The van der Waals surface area contributed by atoms with Gasteiger partial charge < -0.3 is 9.64 Å². The fourth-order valence-electron chi connectivity index (χ4n) is 2.57. The van der Waals surface area contributed by atoms with Crippen molar-refractivity contribution in [2.24, 2.45) is 0 Å². The second-order valence-electron chi connectivity index (χ2n) is 5.42. The van der Waals surface area contributed by atoms with Gasteiger partial charge in [0, 0.05) is 24.3 Å². The standard InChI is InChI=1S/C16H18ClN3O3S/c1-18-24(21,22)14-6-7-16(19-10-14)20-8-9-23-15(11-20)12-2-4-13(17)5-3-12/h2-7,10,15,18H,8-9,11H2,1H3. The number of rotatable bonds is 4. The maximum atomic E-state index is 11.8. The number of hydrogen-bond donors (Lipinski definition) is 1. The lowest BCUT2D eigenvalue weighted by molar-refractivity contribution is 0.0395. The molecule has 2 aromatic rings. The van der Waals surface area contributed by atoms with Gasteiger partial charge in [-0.15, -0.1) is 0 Å². The molecule has 1 fully saturated rings. The molecule has 1 saturated heterocycles. The highest BCUT2D eigenvalue weighted by atomic mass is 35.5. The molecule has 0 bridgehead atoms. The summed E-state index contributed by atoms with van der Waals surface area (Å²) in [6.07, 6.45) is 1.30. The van der Waals surface area contributed by atoms with Gasteiger partial charge in [0.05, 0.1) is 6.61 Å². The molecule has 1 aliphatic rings. The average molecular weight is 368 g/mol. The molecule has 8 heteroatoms. The molecule has 1 aromatic heterocycles. The van der Waals surface area contributed by atoms with Crippen molar-refractivity contribution in [2.45, 2.75) is 11.0 Å². The quantitative estimate of drug-likeness (QED) is 0.897. The van der Waals surface area contributed by atoms with E-state index in [1.165, 1.54) is 13.2 Å². The van der Waals surface area contributed by atoms with Gasteiger partial charge in [-0.25, -0.2) is 18.1 Å². The van der Waals surface area contributed by atoms with Gasteiger partial charge in [0.25, 0.3) is 0 Å². The van der Waals surface area contributed by atoms with E-state index in [0.717, 1.165) is 11.4 Å². The summed E-state index contributed by atoms with van der Waals surface area (Å²) in [4.78, 5) is 6.52. The third-order valence-electron chi connectivity index (χ3n) is 3.93. The molecule has 1 aliphatic heterocycles. The number of benzene rings is 1. The number of sulfonamides is 1. The highest BCUT2D eigenvalue weighted by Crippen LogP contribution is 2.26. The number of halogens is 1. The minimum atomic E-state index is -3.47. The Morgan fingerprint density at radius 1 is 1.25 bits per heavy atom. The second-order valence-corrected chi connectivity index (χ2v) is 7.74.